The zero-order chi connectivity index (χ0) is 13.0. The molecule has 0 fully saturated rings. The molecule has 0 bridgehead atoms. The van der Waals surface area contributed by atoms with Crippen LogP contribution in [0.15, 0.2) is 41.5 Å². The first kappa shape index (κ1) is 12.3. The van der Waals surface area contributed by atoms with E-state index in [1.54, 1.807) is 30.3 Å². The number of aromatic hydroxyl groups is 1. The number of aryl methyl sites for hydroxylation is 1. The van der Waals surface area contributed by atoms with E-state index in [0.717, 1.165) is 4.88 Å². The Morgan fingerprint density at radius 1 is 1.33 bits per heavy atom. The fraction of sp³-hybridized carbons (Fsp3) is 0.0769. The Morgan fingerprint density at radius 2 is 2.11 bits per heavy atom. The van der Waals surface area contributed by atoms with Gasteiger partial charge in [0.15, 0.2) is 0 Å². The van der Waals surface area contributed by atoms with Crippen LogP contribution in [-0.2, 0) is 0 Å². The predicted octanol–water partition coefficient (Wildman–Crippen LogP) is 2.53. The average molecular weight is 260 g/mol. The van der Waals surface area contributed by atoms with Crippen molar-refractivity contribution in [1.29, 1.82) is 0 Å². The third-order valence-corrected chi connectivity index (χ3v) is 3.27. The smallest absolute Gasteiger partial charge is 0.281 e. The lowest BCUT2D eigenvalue weighted by atomic mass is 10.2. The molecular formula is C13H12N2O2S. The molecule has 0 atom stereocenters. The van der Waals surface area contributed by atoms with E-state index in [1.165, 1.54) is 17.6 Å². The summed E-state index contributed by atoms with van der Waals surface area (Å²) in [6.45, 7) is 1.94. The Bertz CT molecular complexity index is 590. The molecule has 1 amide bonds. The molecule has 0 radical (unpaired) electrons. The molecule has 2 rings (SSSR count). The number of carbonyl (C=O) groups excluding carboxylic acids is 1. The SMILES string of the molecule is Cc1ccc(C(=O)N/N=C\c2ccccc2O)s1. The van der Waals surface area contributed by atoms with Crippen LogP contribution in [0.3, 0.4) is 0 Å². The van der Waals surface area contributed by atoms with Gasteiger partial charge in [-0.25, -0.2) is 5.43 Å². The van der Waals surface area contributed by atoms with Gasteiger partial charge in [-0.1, -0.05) is 12.1 Å². The predicted molar refractivity (Wildman–Crippen MR) is 72.2 cm³/mol. The number of para-hydroxylation sites is 1. The lowest BCUT2D eigenvalue weighted by molar-refractivity contribution is 0.0959. The zero-order valence-electron chi connectivity index (χ0n) is 9.75. The van der Waals surface area contributed by atoms with E-state index < -0.39 is 0 Å². The normalized spacial score (nSPS) is 10.7. The molecule has 2 N–H and O–H groups in total. The van der Waals surface area contributed by atoms with Gasteiger partial charge in [0.05, 0.1) is 11.1 Å². The van der Waals surface area contributed by atoms with Crippen LogP contribution >= 0.6 is 11.3 Å². The largest absolute Gasteiger partial charge is 0.507 e. The van der Waals surface area contributed by atoms with Crippen LogP contribution in [0.1, 0.15) is 20.1 Å². The highest BCUT2D eigenvalue weighted by molar-refractivity contribution is 7.13. The molecular weight excluding hydrogens is 248 g/mol. The molecule has 0 aliphatic carbocycles. The van der Waals surface area contributed by atoms with E-state index in [-0.39, 0.29) is 11.7 Å². The number of carbonyl (C=O) groups is 1. The van der Waals surface area contributed by atoms with Crippen LogP contribution in [0.4, 0.5) is 0 Å². The molecule has 1 aromatic heterocycles. The van der Waals surface area contributed by atoms with Gasteiger partial charge in [0.2, 0.25) is 0 Å². The molecule has 18 heavy (non-hydrogen) atoms. The van der Waals surface area contributed by atoms with Crippen molar-refractivity contribution in [1.82, 2.24) is 5.43 Å². The number of nitrogens with one attached hydrogen (secondary N) is 1. The van der Waals surface area contributed by atoms with E-state index in [9.17, 15) is 9.90 Å². The second-order valence-electron chi connectivity index (χ2n) is 3.67. The first-order valence-electron chi connectivity index (χ1n) is 5.34. The highest BCUT2D eigenvalue weighted by Gasteiger charge is 2.06. The fourth-order valence-electron chi connectivity index (χ4n) is 1.37. The molecule has 4 nitrogen and oxygen atoms in total. The van der Waals surface area contributed by atoms with Gasteiger partial charge < -0.3 is 5.11 Å². The van der Waals surface area contributed by atoms with Crippen molar-refractivity contribution in [2.75, 3.05) is 0 Å². The number of benzene rings is 1. The lowest BCUT2D eigenvalue weighted by Crippen LogP contribution is -2.16. The van der Waals surface area contributed by atoms with E-state index >= 15 is 0 Å². The summed E-state index contributed by atoms with van der Waals surface area (Å²) in [7, 11) is 0. The van der Waals surface area contributed by atoms with Gasteiger partial charge in [-0.05, 0) is 31.2 Å². The van der Waals surface area contributed by atoms with Gasteiger partial charge in [0.25, 0.3) is 5.91 Å². The first-order chi connectivity index (χ1) is 8.66. The van der Waals surface area contributed by atoms with Gasteiger partial charge in [0.1, 0.15) is 5.75 Å². The highest BCUT2D eigenvalue weighted by atomic mass is 32.1. The van der Waals surface area contributed by atoms with Crippen molar-refractivity contribution < 1.29 is 9.90 Å². The summed E-state index contributed by atoms with van der Waals surface area (Å²) < 4.78 is 0. The first-order valence-corrected chi connectivity index (χ1v) is 6.16. The van der Waals surface area contributed by atoms with Crippen molar-refractivity contribution in [3.63, 3.8) is 0 Å². The van der Waals surface area contributed by atoms with Gasteiger partial charge in [-0.15, -0.1) is 11.3 Å². The Kier molecular flexibility index (Phi) is 3.74. The molecule has 0 saturated heterocycles. The monoisotopic (exact) mass is 260 g/mol. The summed E-state index contributed by atoms with van der Waals surface area (Å²) in [6, 6.07) is 10.4. The minimum absolute atomic E-state index is 0.127. The summed E-state index contributed by atoms with van der Waals surface area (Å²) in [5.41, 5.74) is 2.97. The topological polar surface area (TPSA) is 61.7 Å². The van der Waals surface area contributed by atoms with E-state index in [0.29, 0.717) is 10.4 Å². The van der Waals surface area contributed by atoms with Crippen molar-refractivity contribution in [3.05, 3.63) is 51.7 Å². The van der Waals surface area contributed by atoms with Crippen molar-refractivity contribution in [3.8, 4) is 5.75 Å². The third kappa shape index (κ3) is 2.95. The maximum absolute atomic E-state index is 11.7. The van der Waals surface area contributed by atoms with E-state index in [1.807, 2.05) is 13.0 Å². The van der Waals surface area contributed by atoms with Crippen LogP contribution in [0.2, 0.25) is 0 Å². The number of hydrogen-bond acceptors (Lipinski definition) is 4. The Balaban J connectivity index is 2.00. The van der Waals surface area contributed by atoms with Crippen LogP contribution in [-0.4, -0.2) is 17.2 Å². The number of rotatable bonds is 3. The summed E-state index contributed by atoms with van der Waals surface area (Å²) >= 11 is 1.41. The molecule has 0 unspecified atom stereocenters. The maximum atomic E-state index is 11.7. The van der Waals surface area contributed by atoms with Crippen molar-refractivity contribution in [2.45, 2.75) is 6.92 Å². The summed E-state index contributed by atoms with van der Waals surface area (Å²) in [6.07, 6.45) is 1.41. The summed E-state index contributed by atoms with van der Waals surface area (Å²) in [4.78, 5) is 13.3. The minimum Gasteiger partial charge on any atom is -0.507 e. The summed E-state index contributed by atoms with van der Waals surface area (Å²) in [5, 5.41) is 13.3. The van der Waals surface area contributed by atoms with E-state index in [2.05, 4.69) is 10.5 Å². The average Bonchev–Trinajstić information content (AvgIpc) is 2.78. The second kappa shape index (κ2) is 5.46. The minimum atomic E-state index is -0.250. The Labute approximate surface area is 109 Å². The molecule has 0 aliphatic heterocycles. The number of amides is 1. The third-order valence-electron chi connectivity index (χ3n) is 2.27. The molecule has 2 aromatic rings. The summed E-state index contributed by atoms with van der Waals surface area (Å²) in [5.74, 6) is -0.123. The van der Waals surface area contributed by atoms with Crippen molar-refractivity contribution in [2.24, 2.45) is 5.10 Å². The standard InChI is InChI=1S/C13H12N2O2S/c1-9-6-7-12(18-9)13(17)15-14-8-10-4-2-3-5-11(10)16/h2-8,16H,1H3,(H,15,17)/b14-8-. The molecule has 92 valence electrons. The van der Waals surface area contributed by atoms with Crippen LogP contribution in [0.5, 0.6) is 5.75 Å². The quantitative estimate of drug-likeness (QED) is 0.658. The number of phenols is 1. The van der Waals surface area contributed by atoms with Gasteiger partial charge in [-0.3, -0.25) is 4.79 Å². The number of nitrogens with zero attached hydrogens (tertiary/aromatic N) is 1. The number of thiophene rings is 1. The van der Waals surface area contributed by atoms with Gasteiger partial charge in [0, 0.05) is 10.4 Å². The van der Waals surface area contributed by atoms with Gasteiger partial charge in [-0.2, -0.15) is 5.10 Å². The van der Waals surface area contributed by atoms with Gasteiger partial charge >= 0.3 is 0 Å². The second-order valence-corrected chi connectivity index (χ2v) is 4.96. The van der Waals surface area contributed by atoms with Crippen LogP contribution < -0.4 is 5.43 Å². The van der Waals surface area contributed by atoms with E-state index in [4.69, 9.17) is 0 Å². The number of phenolic OH excluding ortho intramolecular Hbond substituents is 1. The zero-order valence-corrected chi connectivity index (χ0v) is 10.6. The Morgan fingerprint density at radius 3 is 2.78 bits per heavy atom. The van der Waals surface area contributed by atoms with Crippen LogP contribution in [0, 0.1) is 6.92 Å². The molecule has 1 aromatic carbocycles. The molecule has 1 heterocycles. The molecule has 5 heteroatoms. The molecule has 0 spiro atoms. The lowest BCUT2D eigenvalue weighted by Gasteiger charge is -1.98. The Hall–Kier alpha value is -2.14. The fourth-order valence-corrected chi connectivity index (χ4v) is 2.13. The van der Waals surface area contributed by atoms with Crippen LogP contribution in [0.25, 0.3) is 0 Å². The molecule has 0 aliphatic rings. The maximum Gasteiger partial charge on any atom is 0.281 e. The number of hydrazone groups is 1. The highest BCUT2D eigenvalue weighted by Crippen LogP contribution is 2.15. The number of hydrogen-bond donors (Lipinski definition) is 2. The molecule has 0 saturated carbocycles. The van der Waals surface area contributed by atoms with Crippen molar-refractivity contribution >= 4 is 23.5 Å².